The first-order valence-corrected chi connectivity index (χ1v) is 5.55. The minimum Gasteiger partial charge on any atom is -0.461 e. The van der Waals surface area contributed by atoms with Crippen LogP contribution in [0.3, 0.4) is 0 Å². The molecule has 0 N–H and O–H groups in total. The summed E-state index contributed by atoms with van der Waals surface area (Å²) in [6.45, 7) is 4.19. The Kier molecular flexibility index (Phi) is 5.34. The van der Waals surface area contributed by atoms with Crippen LogP contribution in [-0.2, 0) is 16.1 Å². The molecule has 0 radical (unpaired) electrons. The van der Waals surface area contributed by atoms with Crippen molar-refractivity contribution in [3.63, 3.8) is 0 Å². The first kappa shape index (κ1) is 12.5. The molecule has 1 aromatic rings. The fourth-order valence-electron chi connectivity index (χ4n) is 1.31. The highest BCUT2D eigenvalue weighted by atomic mass is 16.5. The Bertz CT molecular complexity index is 341. The van der Waals surface area contributed by atoms with Gasteiger partial charge in [0.1, 0.15) is 6.61 Å². The first-order valence-electron chi connectivity index (χ1n) is 5.55. The summed E-state index contributed by atoms with van der Waals surface area (Å²) >= 11 is 0. The summed E-state index contributed by atoms with van der Waals surface area (Å²) in [6, 6.07) is 9.71. The average molecular weight is 218 g/mol. The summed E-state index contributed by atoms with van der Waals surface area (Å²) in [6.07, 6.45) is 4.67. The molecule has 2 heteroatoms. The molecule has 0 aliphatic rings. The molecule has 1 atom stereocenters. The Labute approximate surface area is 96.9 Å². The van der Waals surface area contributed by atoms with Crippen LogP contribution in [0.15, 0.2) is 42.5 Å². The number of carbonyl (C=O) groups excluding carboxylic acids is 1. The Hall–Kier alpha value is -1.57. The first-order chi connectivity index (χ1) is 7.74. The molecule has 0 spiro atoms. The summed E-state index contributed by atoms with van der Waals surface area (Å²) in [7, 11) is 0. The number of allylic oxidation sites excluding steroid dienone is 2. The van der Waals surface area contributed by atoms with Gasteiger partial charge in [-0.2, -0.15) is 0 Å². The van der Waals surface area contributed by atoms with Crippen molar-refractivity contribution < 1.29 is 9.53 Å². The van der Waals surface area contributed by atoms with E-state index in [0.717, 1.165) is 12.0 Å². The van der Waals surface area contributed by atoms with Crippen molar-refractivity contribution in [2.75, 3.05) is 0 Å². The van der Waals surface area contributed by atoms with Crippen LogP contribution in [0.2, 0.25) is 0 Å². The van der Waals surface area contributed by atoms with Crippen LogP contribution in [0, 0.1) is 5.92 Å². The van der Waals surface area contributed by atoms with Crippen molar-refractivity contribution in [1.82, 2.24) is 0 Å². The van der Waals surface area contributed by atoms with Gasteiger partial charge in [0.25, 0.3) is 0 Å². The summed E-state index contributed by atoms with van der Waals surface area (Å²) in [5, 5.41) is 0. The largest absolute Gasteiger partial charge is 0.461 e. The van der Waals surface area contributed by atoms with Gasteiger partial charge in [0.2, 0.25) is 0 Å². The monoisotopic (exact) mass is 218 g/mol. The van der Waals surface area contributed by atoms with Crippen molar-refractivity contribution in [3.8, 4) is 0 Å². The van der Waals surface area contributed by atoms with Gasteiger partial charge in [-0.1, -0.05) is 49.4 Å². The minimum absolute atomic E-state index is 0.0695. The van der Waals surface area contributed by atoms with E-state index in [1.807, 2.05) is 56.3 Å². The Morgan fingerprint density at radius 2 is 2.06 bits per heavy atom. The molecule has 1 aromatic carbocycles. The predicted octanol–water partition coefficient (Wildman–Crippen LogP) is 3.33. The molecule has 0 saturated heterocycles. The third-order valence-electron chi connectivity index (χ3n) is 2.35. The molecule has 0 aliphatic heterocycles. The van der Waals surface area contributed by atoms with E-state index in [0.29, 0.717) is 6.61 Å². The third kappa shape index (κ3) is 4.30. The standard InChI is InChI=1S/C14H18O2/c1-3-4-8-12(2)14(15)16-11-13-9-6-5-7-10-13/h3-7,9-10,12H,8,11H2,1-2H3. The van der Waals surface area contributed by atoms with Crippen LogP contribution >= 0.6 is 0 Å². The summed E-state index contributed by atoms with van der Waals surface area (Å²) in [4.78, 5) is 11.6. The van der Waals surface area contributed by atoms with Gasteiger partial charge >= 0.3 is 5.97 Å². The molecule has 0 aliphatic carbocycles. The number of hydrogen-bond acceptors (Lipinski definition) is 2. The second-order valence-electron chi connectivity index (χ2n) is 3.80. The number of ether oxygens (including phenoxy) is 1. The van der Waals surface area contributed by atoms with Gasteiger partial charge in [-0.15, -0.1) is 0 Å². The van der Waals surface area contributed by atoms with Gasteiger partial charge in [0, 0.05) is 0 Å². The predicted molar refractivity (Wildman–Crippen MR) is 64.8 cm³/mol. The molecule has 1 unspecified atom stereocenters. The van der Waals surface area contributed by atoms with E-state index in [1.54, 1.807) is 0 Å². The maximum atomic E-state index is 11.6. The molecule has 0 saturated carbocycles. The van der Waals surface area contributed by atoms with Gasteiger partial charge in [-0.25, -0.2) is 0 Å². The lowest BCUT2D eigenvalue weighted by Crippen LogP contribution is -2.13. The van der Waals surface area contributed by atoms with Crippen LogP contribution in [0.5, 0.6) is 0 Å². The molecule has 16 heavy (non-hydrogen) atoms. The average Bonchev–Trinajstić information content (AvgIpc) is 2.34. The zero-order valence-corrected chi connectivity index (χ0v) is 9.85. The molecular weight excluding hydrogens is 200 g/mol. The van der Waals surface area contributed by atoms with Crippen LogP contribution in [-0.4, -0.2) is 5.97 Å². The van der Waals surface area contributed by atoms with Gasteiger partial charge in [-0.3, -0.25) is 4.79 Å². The SMILES string of the molecule is CC=CCC(C)C(=O)OCc1ccccc1. The zero-order valence-electron chi connectivity index (χ0n) is 9.85. The molecular formula is C14H18O2. The molecule has 0 bridgehead atoms. The maximum absolute atomic E-state index is 11.6. The summed E-state index contributed by atoms with van der Waals surface area (Å²) in [5.74, 6) is -0.207. The molecule has 1 rings (SSSR count). The van der Waals surface area contributed by atoms with Gasteiger partial charge < -0.3 is 4.74 Å². The quantitative estimate of drug-likeness (QED) is 0.559. The number of rotatable bonds is 5. The molecule has 0 aromatic heterocycles. The van der Waals surface area contributed by atoms with E-state index in [2.05, 4.69) is 0 Å². The number of esters is 1. The van der Waals surface area contributed by atoms with Crippen molar-refractivity contribution in [2.45, 2.75) is 26.9 Å². The lowest BCUT2D eigenvalue weighted by atomic mass is 10.1. The number of benzene rings is 1. The van der Waals surface area contributed by atoms with E-state index in [4.69, 9.17) is 4.74 Å². The molecule has 0 amide bonds. The summed E-state index contributed by atoms with van der Waals surface area (Å²) < 4.78 is 5.21. The Balaban J connectivity index is 2.35. The van der Waals surface area contributed by atoms with E-state index >= 15 is 0 Å². The van der Waals surface area contributed by atoms with Crippen molar-refractivity contribution in [1.29, 1.82) is 0 Å². The topological polar surface area (TPSA) is 26.3 Å². The van der Waals surface area contributed by atoms with Crippen molar-refractivity contribution in [2.24, 2.45) is 5.92 Å². The normalized spacial score (nSPS) is 12.6. The lowest BCUT2D eigenvalue weighted by molar-refractivity contribution is -0.149. The number of carbonyl (C=O) groups is 1. The Morgan fingerprint density at radius 1 is 1.38 bits per heavy atom. The molecule has 2 nitrogen and oxygen atoms in total. The highest BCUT2D eigenvalue weighted by Gasteiger charge is 2.12. The molecule has 0 heterocycles. The smallest absolute Gasteiger partial charge is 0.309 e. The number of hydrogen-bond donors (Lipinski definition) is 0. The van der Waals surface area contributed by atoms with Gasteiger partial charge in [-0.05, 0) is 18.9 Å². The molecule has 0 fully saturated rings. The lowest BCUT2D eigenvalue weighted by Gasteiger charge is -2.09. The Morgan fingerprint density at radius 3 is 2.69 bits per heavy atom. The van der Waals surface area contributed by atoms with Gasteiger partial charge in [0.05, 0.1) is 5.92 Å². The van der Waals surface area contributed by atoms with Crippen LogP contribution in [0.25, 0.3) is 0 Å². The second-order valence-corrected chi connectivity index (χ2v) is 3.80. The maximum Gasteiger partial charge on any atom is 0.309 e. The van der Waals surface area contributed by atoms with E-state index < -0.39 is 0 Å². The van der Waals surface area contributed by atoms with E-state index in [-0.39, 0.29) is 11.9 Å². The zero-order chi connectivity index (χ0) is 11.8. The fraction of sp³-hybridized carbons (Fsp3) is 0.357. The molecule has 86 valence electrons. The third-order valence-corrected chi connectivity index (χ3v) is 2.35. The van der Waals surface area contributed by atoms with Crippen LogP contribution in [0.4, 0.5) is 0 Å². The second kappa shape index (κ2) is 6.83. The fourth-order valence-corrected chi connectivity index (χ4v) is 1.31. The van der Waals surface area contributed by atoms with Crippen molar-refractivity contribution >= 4 is 5.97 Å². The van der Waals surface area contributed by atoms with Crippen LogP contribution < -0.4 is 0 Å². The van der Waals surface area contributed by atoms with E-state index in [9.17, 15) is 4.79 Å². The van der Waals surface area contributed by atoms with Crippen LogP contribution in [0.1, 0.15) is 25.8 Å². The minimum atomic E-state index is -0.137. The van der Waals surface area contributed by atoms with E-state index in [1.165, 1.54) is 0 Å². The summed E-state index contributed by atoms with van der Waals surface area (Å²) in [5.41, 5.74) is 1.02. The highest BCUT2D eigenvalue weighted by molar-refractivity contribution is 5.72. The van der Waals surface area contributed by atoms with Gasteiger partial charge in [0.15, 0.2) is 0 Å². The van der Waals surface area contributed by atoms with Crippen molar-refractivity contribution in [3.05, 3.63) is 48.0 Å². The highest BCUT2D eigenvalue weighted by Crippen LogP contribution is 2.08.